The number of pyridine rings is 1. The number of hydrogen-bond acceptors (Lipinski definition) is 4. The highest BCUT2D eigenvalue weighted by Crippen LogP contribution is 2.25. The Morgan fingerprint density at radius 1 is 1.39 bits per heavy atom. The van der Waals surface area contributed by atoms with E-state index in [-0.39, 0.29) is 36.5 Å². The molecule has 1 amide bonds. The predicted molar refractivity (Wildman–Crippen MR) is 80.8 cm³/mol. The maximum absolute atomic E-state index is 13.6. The van der Waals surface area contributed by atoms with Crippen LogP contribution >= 0.6 is 0 Å². The molecule has 1 heterocycles. The van der Waals surface area contributed by atoms with E-state index < -0.39 is 11.6 Å². The van der Waals surface area contributed by atoms with Crippen molar-refractivity contribution in [1.82, 2.24) is 10.3 Å². The SMILES string of the molecule is C[C@H](N)CC(=O)NCc1cccnc1Oc1ccc(F)cc1F. The van der Waals surface area contributed by atoms with Crippen molar-refractivity contribution in [2.45, 2.75) is 25.9 Å². The van der Waals surface area contributed by atoms with Crippen LogP contribution in [0.5, 0.6) is 11.6 Å². The molecule has 23 heavy (non-hydrogen) atoms. The minimum Gasteiger partial charge on any atom is -0.436 e. The molecule has 0 bridgehead atoms. The van der Waals surface area contributed by atoms with Gasteiger partial charge in [-0.3, -0.25) is 4.79 Å². The van der Waals surface area contributed by atoms with Crippen molar-refractivity contribution in [2.75, 3.05) is 0 Å². The van der Waals surface area contributed by atoms with Gasteiger partial charge in [0.25, 0.3) is 0 Å². The highest BCUT2D eigenvalue weighted by atomic mass is 19.1. The molecule has 5 nitrogen and oxygen atoms in total. The number of nitrogens with two attached hydrogens (primary N) is 1. The van der Waals surface area contributed by atoms with Crippen molar-refractivity contribution in [1.29, 1.82) is 0 Å². The molecule has 0 saturated heterocycles. The van der Waals surface area contributed by atoms with E-state index in [1.807, 2.05) is 0 Å². The van der Waals surface area contributed by atoms with Gasteiger partial charge in [0.05, 0.1) is 0 Å². The van der Waals surface area contributed by atoms with E-state index in [1.165, 1.54) is 12.3 Å². The number of aromatic nitrogens is 1. The van der Waals surface area contributed by atoms with Crippen LogP contribution in [-0.4, -0.2) is 16.9 Å². The summed E-state index contributed by atoms with van der Waals surface area (Å²) in [7, 11) is 0. The fourth-order valence-electron chi connectivity index (χ4n) is 1.87. The van der Waals surface area contributed by atoms with Crippen molar-refractivity contribution in [3.63, 3.8) is 0 Å². The largest absolute Gasteiger partial charge is 0.436 e. The Morgan fingerprint density at radius 2 is 2.17 bits per heavy atom. The number of rotatable bonds is 6. The molecule has 7 heteroatoms. The predicted octanol–water partition coefficient (Wildman–Crippen LogP) is 2.51. The molecule has 0 aliphatic rings. The van der Waals surface area contributed by atoms with Crippen molar-refractivity contribution in [2.24, 2.45) is 5.73 Å². The van der Waals surface area contributed by atoms with Crippen LogP contribution in [0.1, 0.15) is 18.9 Å². The number of nitrogens with zero attached hydrogens (tertiary/aromatic N) is 1. The summed E-state index contributed by atoms with van der Waals surface area (Å²) in [5, 5.41) is 2.69. The molecule has 0 fully saturated rings. The van der Waals surface area contributed by atoms with Crippen molar-refractivity contribution >= 4 is 5.91 Å². The van der Waals surface area contributed by atoms with Gasteiger partial charge in [-0.15, -0.1) is 0 Å². The molecule has 1 aromatic carbocycles. The van der Waals surface area contributed by atoms with Gasteiger partial charge in [-0.1, -0.05) is 6.07 Å². The molecule has 1 atom stereocenters. The number of ether oxygens (including phenoxy) is 1. The van der Waals surface area contributed by atoms with Crippen LogP contribution < -0.4 is 15.8 Å². The first-order chi connectivity index (χ1) is 11.0. The minimum atomic E-state index is -0.831. The molecule has 0 spiro atoms. The Morgan fingerprint density at radius 3 is 2.87 bits per heavy atom. The summed E-state index contributed by atoms with van der Waals surface area (Å²) < 4.78 is 31.9. The van der Waals surface area contributed by atoms with Crippen LogP contribution in [-0.2, 0) is 11.3 Å². The molecule has 2 aromatic rings. The number of nitrogens with one attached hydrogen (secondary N) is 1. The highest BCUT2D eigenvalue weighted by Gasteiger charge is 2.12. The third-order valence-corrected chi connectivity index (χ3v) is 2.93. The Labute approximate surface area is 132 Å². The molecule has 0 aliphatic carbocycles. The van der Waals surface area contributed by atoms with Gasteiger partial charge < -0.3 is 15.8 Å². The zero-order chi connectivity index (χ0) is 16.8. The van der Waals surface area contributed by atoms with E-state index in [4.69, 9.17) is 10.5 Å². The van der Waals surface area contributed by atoms with Crippen LogP contribution in [0.2, 0.25) is 0 Å². The number of halogens is 2. The molecule has 2 rings (SSSR count). The van der Waals surface area contributed by atoms with E-state index in [9.17, 15) is 13.6 Å². The molecule has 0 unspecified atom stereocenters. The van der Waals surface area contributed by atoms with E-state index in [0.717, 1.165) is 12.1 Å². The lowest BCUT2D eigenvalue weighted by molar-refractivity contribution is -0.121. The Balaban J connectivity index is 2.09. The van der Waals surface area contributed by atoms with Crippen molar-refractivity contribution in [3.05, 3.63) is 53.7 Å². The number of hydrogen-bond donors (Lipinski definition) is 2. The molecule has 3 N–H and O–H groups in total. The monoisotopic (exact) mass is 321 g/mol. The lowest BCUT2D eigenvalue weighted by atomic mass is 10.2. The van der Waals surface area contributed by atoms with Gasteiger partial charge in [-0.05, 0) is 25.1 Å². The molecule has 0 saturated carbocycles. The second-order valence-electron chi connectivity index (χ2n) is 5.10. The number of carbonyl (C=O) groups is 1. The maximum atomic E-state index is 13.6. The Bertz CT molecular complexity index is 693. The molecule has 0 aliphatic heterocycles. The first-order valence-corrected chi connectivity index (χ1v) is 7.05. The molecular weight excluding hydrogens is 304 g/mol. The van der Waals surface area contributed by atoms with E-state index in [1.54, 1.807) is 19.1 Å². The third-order valence-electron chi connectivity index (χ3n) is 2.93. The van der Waals surface area contributed by atoms with Gasteiger partial charge in [-0.2, -0.15) is 0 Å². The van der Waals surface area contributed by atoms with E-state index in [2.05, 4.69) is 10.3 Å². The average molecular weight is 321 g/mol. The van der Waals surface area contributed by atoms with Crippen LogP contribution in [0.25, 0.3) is 0 Å². The quantitative estimate of drug-likeness (QED) is 0.857. The van der Waals surface area contributed by atoms with Gasteiger partial charge in [0.2, 0.25) is 11.8 Å². The highest BCUT2D eigenvalue weighted by molar-refractivity contribution is 5.76. The summed E-state index contributed by atoms with van der Waals surface area (Å²) in [5.41, 5.74) is 6.12. The number of carbonyl (C=O) groups excluding carboxylic acids is 1. The van der Waals surface area contributed by atoms with Gasteiger partial charge in [0, 0.05) is 36.8 Å². The average Bonchev–Trinajstić information content (AvgIpc) is 2.48. The Kier molecular flexibility index (Phi) is 5.59. The van der Waals surface area contributed by atoms with Crippen molar-refractivity contribution in [3.8, 4) is 11.6 Å². The van der Waals surface area contributed by atoms with E-state index >= 15 is 0 Å². The summed E-state index contributed by atoms with van der Waals surface area (Å²) in [4.78, 5) is 15.7. The fraction of sp³-hybridized carbons (Fsp3) is 0.250. The molecule has 122 valence electrons. The summed E-state index contributed by atoms with van der Waals surface area (Å²) in [6.45, 7) is 1.90. The van der Waals surface area contributed by atoms with Crippen LogP contribution in [0.4, 0.5) is 8.78 Å². The van der Waals surface area contributed by atoms with Gasteiger partial charge in [-0.25, -0.2) is 13.8 Å². The van der Waals surface area contributed by atoms with E-state index in [0.29, 0.717) is 5.56 Å². The summed E-state index contributed by atoms with van der Waals surface area (Å²) in [6.07, 6.45) is 1.67. The zero-order valence-corrected chi connectivity index (χ0v) is 12.6. The third kappa shape index (κ3) is 5.00. The summed E-state index contributed by atoms with van der Waals surface area (Å²) >= 11 is 0. The lowest BCUT2D eigenvalue weighted by Gasteiger charge is -2.12. The number of amides is 1. The smallest absolute Gasteiger partial charge is 0.224 e. The maximum Gasteiger partial charge on any atom is 0.224 e. The first-order valence-electron chi connectivity index (χ1n) is 7.05. The molecule has 0 radical (unpaired) electrons. The Hall–Kier alpha value is -2.54. The standard InChI is InChI=1S/C16H17F2N3O2/c1-10(19)7-15(22)21-9-11-3-2-6-20-16(11)23-14-5-4-12(17)8-13(14)18/h2-6,8,10H,7,9,19H2,1H3,(H,21,22)/t10-/m0/s1. The summed E-state index contributed by atoms with van der Waals surface area (Å²) in [5.74, 6) is -1.74. The fourth-order valence-corrected chi connectivity index (χ4v) is 1.87. The summed E-state index contributed by atoms with van der Waals surface area (Å²) in [6, 6.07) is 6.11. The van der Waals surface area contributed by atoms with Gasteiger partial charge >= 0.3 is 0 Å². The first kappa shape index (κ1) is 16.8. The second kappa shape index (κ2) is 7.64. The van der Waals surface area contributed by atoms with Gasteiger partial charge in [0.15, 0.2) is 11.6 Å². The minimum absolute atomic E-state index is 0.138. The topological polar surface area (TPSA) is 77.2 Å². The molecular formula is C16H17F2N3O2. The van der Waals surface area contributed by atoms with Crippen LogP contribution in [0, 0.1) is 11.6 Å². The van der Waals surface area contributed by atoms with Gasteiger partial charge in [0.1, 0.15) is 5.82 Å². The second-order valence-corrected chi connectivity index (χ2v) is 5.10. The normalized spacial score (nSPS) is 11.8. The van der Waals surface area contributed by atoms with Crippen LogP contribution in [0.15, 0.2) is 36.5 Å². The van der Waals surface area contributed by atoms with Crippen LogP contribution in [0.3, 0.4) is 0 Å². The lowest BCUT2D eigenvalue weighted by Crippen LogP contribution is -2.29. The number of benzene rings is 1. The zero-order valence-electron chi connectivity index (χ0n) is 12.6. The van der Waals surface area contributed by atoms with Crippen molar-refractivity contribution < 1.29 is 18.3 Å². The molecule has 1 aromatic heterocycles.